The predicted molar refractivity (Wildman–Crippen MR) is 124 cm³/mol. The molecular formula is C24H28F3N5O3. The molecule has 0 spiro atoms. The number of rotatable bonds is 9. The first kappa shape index (κ1) is 26.2. The van der Waals surface area contributed by atoms with Crippen molar-refractivity contribution in [2.75, 3.05) is 44.6 Å². The normalized spacial score (nSPS) is 15.3. The third kappa shape index (κ3) is 7.52. The van der Waals surface area contributed by atoms with E-state index in [9.17, 15) is 27.6 Å². The van der Waals surface area contributed by atoms with Gasteiger partial charge in [-0.15, -0.1) is 0 Å². The molecule has 1 aliphatic heterocycles. The molecule has 2 aromatic rings. The Labute approximate surface area is 201 Å². The van der Waals surface area contributed by atoms with Crippen LogP contribution in [0.5, 0.6) is 0 Å². The molecule has 0 radical (unpaired) electrons. The van der Waals surface area contributed by atoms with Crippen LogP contribution in [-0.2, 0) is 20.9 Å². The number of hydrogen-bond donors (Lipinski definition) is 3. The van der Waals surface area contributed by atoms with Crippen molar-refractivity contribution in [3.63, 3.8) is 0 Å². The average molecular weight is 492 g/mol. The monoisotopic (exact) mass is 491 g/mol. The summed E-state index contributed by atoms with van der Waals surface area (Å²) in [7, 11) is 0. The van der Waals surface area contributed by atoms with E-state index in [1.54, 1.807) is 6.92 Å². The minimum Gasteiger partial charge on any atom is -0.351 e. The molecule has 3 rings (SSSR count). The largest absolute Gasteiger partial charge is 0.351 e. The Bertz CT molecular complexity index is 1050. The summed E-state index contributed by atoms with van der Waals surface area (Å²) in [4.78, 5) is 40.6. The lowest BCUT2D eigenvalue weighted by molar-refractivity contribution is -0.129. The number of anilines is 1. The van der Waals surface area contributed by atoms with Crippen LogP contribution in [0.1, 0.15) is 12.5 Å². The summed E-state index contributed by atoms with van der Waals surface area (Å²) in [5, 5.41) is 7.46. The van der Waals surface area contributed by atoms with Gasteiger partial charge in [0.15, 0.2) is 17.5 Å². The number of hydrogen-bond acceptors (Lipinski definition) is 5. The van der Waals surface area contributed by atoms with Crippen LogP contribution < -0.4 is 16.0 Å². The highest BCUT2D eigenvalue weighted by Gasteiger charge is 2.26. The molecule has 0 aliphatic carbocycles. The summed E-state index contributed by atoms with van der Waals surface area (Å²) < 4.78 is 39.9. The number of nitrogens with one attached hydrogen (secondary N) is 3. The molecule has 0 bridgehead atoms. The molecule has 3 amide bonds. The van der Waals surface area contributed by atoms with Crippen LogP contribution in [0.4, 0.5) is 18.9 Å². The van der Waals surface area contributed by atoms with E-state index in [2.05, 4.69) is 16.0 Å². The van der Waals surface area contributed by atoms with Crippen LogP contribution >= 0.6 is 0 Å². The van der Waals surface area contributed by atoms with Gasteiger partial charge in [-0.2, -0.15) is 0 Å². The van der Waals surface area contributed by atoms with E-state index in [4.69, 9.17) is 0 Å². The lowest BCUT2D eigenvalue weighted by Crippen LogP contribution is -2.55. The molecule has 1 heterocycles. The van der Waals surface area contributed by atoms with Gasteiger partial charge in [-0.3, -0.25) is 24.2 Å². The SMILES string of the molecule is CC(C(=O)NCC(=O)Nc1ccc(F)c(F)c1F)N1CCN(CC(=O)NCc2ccccc2)CC1. The van der Waals surface area contributed by atoms with Crippen molar-refractivity contribution < 1.29 is 27.6 Å². The first-order valence-corrected chi connectivity index (χ1v) is 11.2. The Morgan fingerprint density at radius 1 is 0.886 bits per heavy atom. The third-order valence-corrected chi connectivity index (χ3v) is 5.77. The minimum atomic E-state index is -1.69. The lowest BCUT2D eigenvalue weighted by Gasteiger charge is -2.37. The van der Waals surface area contributed by atoms with Crippen molar-refractivity contribution in [2.24, 2.45) is 0 Å². The predicted octanol–water partition coefficient (Wildman–Crippen LogP) is 1.48. The zero-order chi connectivity index (χ0) is 25.4. The number of nitrogens with zero attached hydrogens (tertiary/aromatic N) is 2. The molecular weight excluding hydrogens is 463 g/mol. The van der Waals surface area contributed by atoms with Gasteiger partial charge in [-0.1, -0.05) is 30.3 Å². The third-order valence-electron chi connectivity index (χ3n) is 5.77. The number of amides is 3. The van der Waals surface area contributed by atoms with Gasteiger partial charge in [-0.05, 0) is 24.6 Å². The second-order valence-corrected chi connectivity index (χ2v) is 8.24. The highest BCUT2D eigenvalue weighted by atomic mass is 19.2. The summed E-state index contributed by atoms with van der Waals surface area (Å²) >= 11 is 0. The molecule has 2 aromatic carbocycles. The Morgan fingerprint density at radius 3 is 2.26 bits per heavy atom. The van der Waals surface area contributed by atoms with Crippen LogP contribution in [0.25, 0.3) is 0 Å². The molecule has 3 N–H and O–H groups in total. The molecule has 0 aromatic heterocycles. The van der Waals surface area contributed by atoms with Gasteiger partial charge in [0.1, 0.15) is 0 Å². The molecule has 35 heavy (non-hydrogen) atoms. The summed E-state index contributed by atoms with van der Waals surface area (Å²) in [6.07, 6.45) is 0. The van der Waals surface area contributed by atoms with Crippen LogP contribution in [0.2, 0.25) is 0 Å². The fourth-order valence-electron chi connectivity index (χ4n) is 3.66. The average Bonchev–Trinajstić information content (AvgIpc) is 2.87. The number of benzene rings is 2. The summed E-state index contributed by atoms with van der Waals surface area (Å²) in [5.41, 5.74) is 0.509. The molecule has 1 unspecified atom stereocenters. The smallest absolute Gasteiger partial charge is 0.243 e. The maximum absolute atomic E-state index is 13.7. The van der Waals surface area contributed by atoms with Crippen molar-refractivity contribution >= 4 is 23.4 Å². The van der Waals surface area contributed by atoms with Gasteiger partial charge >= 0.3 is 0 Å². The van der Waals surface area contributed by atoms with E-state index in [-0.39, 0.29) is 12.5 Å². The molecule has 1 atom stereocenters. The van der Waals surface area contributed by atoms with Crippen LogP contribution in [0, 0.1) is 17.5 Å². The summed E-state index contributed by atoms with van der Waals surface area (Å²) in [6, 6.07) is 10.7. The van der Waals surface area contributed by atoms with Crippen molar-refractivity contribution in [3.05, 3.63) is 65.5 Å². The first-order chi connectivity index (χ1) is 16.7. The quantitative estimate of drug-likeness (QED) is 0.462. The van der Waals surface area contributed by atoms with Crippen molar-refractivity contribution in [3.8, 4) is 0 Å². The molecule has 8 nitrogen and oxygen atoms in total. The minimum absolute atomic E-state index is 0.0726. The van der Waals surface area contributed by atoms with E-state index in [1.165, 1.54) is 0 Å². The zero-order valence-corrected chi connectivity index (χ0v) is 19.3. The van der Waals surface area contributed by atoms with E-state index < -0.39 is 47.5 Å². The van der Waals surface area contributed by atoms with E-state index >= 15 is 0 Å². The number of carbonyl (C=O) groups excluding carboxylic acids is 3. The Kier molecular flexibility index (Phi) is 9.21. The van der Waals surface area contributed by atoms with Gasteiger partial charge in [0.25, 0.3) is 0 Å². The second-order valence-electron chi connectivity index (χ2n) is 8.24. The van der Waals surface area contributed by atoms with Crippen molar-refractivity contribution in [1.29, 1.82) is 0 Å². The van der Waals surface area contributed by atoms with Crippen molar-refractivity contribution in [1.82, 2.24) is 20.4 Å². The lowest BCUT2D eigenvalue weighted by atomic mass is 10.2. The fraction of sp³-hybridized carbons (Fsp3) is 0.375. The van der Waals surface area contributed by atoms with Crippen LogP contribution in [0.3, 0.4) is 0 Å². The zero-order valence-electron chi connectivity index (χ0n) is 19.3. The maximum Gasteiger partial charge on any atom is 0.243 e. The van der Waals surface area contributed by atoms with Crippen LogP contribution in [0.15, 0.2) is 42.5 Å². The van der Waals surface area contributed by atoms with Gasteiger partial charge < -0.3 is 16.0 Å². The van der Waals surface area contributed by atoms with Gasteiger partial charge in [0.2, 0.25) is 17.7 Å². The van der Waals surface area contributed by atoms with Crippen LogP contribution in [-0.4, -0.2) is 72.8 Å². The summed E-state index contributed by atoms with van der Waals surface area (Å²) in [5.74, 6) is -5.81. The maximum atomic E-state index is 13.7. The molecule has 1 saturated heterocycles. The van der Waals surface area contributed by atoms with Gasteiger partial charge in [0, 0.05) is 32.7 Å². The molecule has 0 saturated carbocycles. The summed E-state index contributed by atoms with van der Waals surface area (Å²) in [6.45, 7) is 4.31. The second kappa shape index (κ2) is 12.3. The molecule has 11 heteroatoms. The Balaban J connectivity index is 1.36. The van der Waals surface area contributed by atoms with Gasteiger partial charge in [0.05, 0.1) is 24.8 Å². The topological polar surface area (TPSA) is 93.8 Å². The number of carbonyl (C=O) groups is 3. The molecule has 1 aliphatic rings. The van der Waals surface area contributed by atoms with Gasteiger partial charge in [-0.25, -0.2) is 13.2 Å². The number of piperazine rings is 1. The van der Waals surface area contributed by atoms with E-state index in [0.29, 0.717) is 38.8 Å². The number of halogens is 3. The Morgan fingerprint density at radius 2 is 1.57 bits per heavy atom. The highest BCUT2D eigenvalue weighted by molar-refractivity contribution is 5.95. The fourth-order valence-corrected chi connectivity index (χ4v) is 3.66. The van der Waals surface area contributed by atoms with E-state index in [0.717, 1.165) is 11.6 Å². The van der Waals surface area contributed by atoms with Crippen molar-refractivity contribution in [2.45, 2.75) is 19.5 Å². The highest BCUT2D eigenvalue weighted by Crippen LogP contribution is 2.19. The van der Waals surface area contributed by atoms with E-state index in [1.807, 2.05) is 40.1 Å². The molecule has 188 valence electrons. The first-order valence-electron chi connectivity index (χ1n) is 11.2. The standard InChI is InChI=1S/C24H28F3N5O3/c1-16(24(35)29-14-20(33)30-19-8-7-18(25)22(26)23(19)27)32-11-9-31(10-12-32)15-21(34)28-13-17-5-3-2-4-6-17/h2-8,16H,9-15H2,1H3,(H,28,34)(H,29,35)(H,30,33). The Hall–Kier alpha value is -3.44. The molecule has 1 fully saturated rings.